The Morgan fingerprint density at radius 1 is 0.867 bits per heavy atom. The first-order valence-electron chi connectivity index (χ1n) is 10.6. The van der Waals surface area contributed by atoms with Crippen molar-refractivity contribution in [1.29, 1.82) is 0 Å². The molecule has 0 aromatic heterocycles. The maximum absolute atomic E-state index is 13.9. The zero-order valence-electron chi connectivity index (χ0n) is 17.1. The summed E-state index contributed by atoms with van der Waals surface area (Å²) in [5.74, 6) is 0.222. The molecule has 1 amide bonds. The largest absolute Gasteiger partial charge is 0.359 e. The van der Waals surface area contributed by atoms with Crippen molar-refractivity contribution in [2.45, 2.75) is 31.0 Å². The standard InChI is InChI=1S/C27H26N2O/c1-2-25-27(17-18-28(26(27)30)19-21-11-5-3-6-12-21)23-15-9-10-16-24(23)29(25)20-22-13-7-4-8-14-22/h2-16,25H,1,17-20H2/t25-,27-/m0/s1. The van der Waals surface area contributed by atoms with Crippen LogP contribution < -0.4 is 4.90 Å². The third-order valence-corrected chi connectivity index (χ3v) is 6.61. The number of likely N-dealkylation sites (tertiary alicyclic amines) is 1. The second-order valence-electron chi connectivity index (χ2n) is 8.24. The number of carbonyl (C=O) groups excluding carboxylic acids is 1. The molecule has 0 unspecified atom stereocenters. The summed E-state index contributed by atoms with van der Waals surface area (Å²) in [5, 5.41) is 0. The summed E-state index contributed by atoms with van der Waals surface area (Å²) in [6, 6.07) is 29.1. The van der Waals surface area contributed by atoms with Crippen LogP contribution in [-0.2, 0) is 23.3 Å². The highest BCUT2D eigenvalue weighted by Gasteiger charge is 2.58. The molecule has 0 radical (unpaired) electrons. The second kappa shape index (κ2) is 7.49. The van der Waals surface area contributed by atoms with E-state index >= 15 is 0 Å². The Hall–Kier alpha value is -3.33. The molecule has 1 spiro atoms. The highest BCUT2D eigenvalue weighted by molar-refractivity contribution is 5.96. The normalized spacial score (nSPS) is 22.5. The Balaban J connectivity index is 1.53. The molecular weight excluding hydrogens is 368 g/mol. The molecule has 2 aliphatic heterocycles. The molecule has 0 saturated carbocycles. The second-order valence-corrected chi connectivity index (χ2v) is 8.24. The lowest BCUT2D eigenvalue weighted by Crippen LogP contribution is -2.48. The molecule has 3 heteroatoms. The number of nitrogens with zero attached hydrogens (tertiary/aromatic N) is 2. The maximum Gasteiger partial charge on any atom is 0.236 e. The van der Waals surface area contributed by atoms with Crippen LogP contribution in [-0.4, -0.2) is 23.4 Å². The minimum atomic E-state index is -0.554. The quantitative estimate of drug-likeness (QED) is 0.573. The van der Waals surface area contributed by atoms with Crippen LogP contribution in [0.2, 0.25) is 0 Å². The summed E-state index contributed by atoms with van der Waals surface area (Å²) < 4.78 is 0. The highest BCUT2D eigenvalue weighted by Crippen LogP contribution is 2.52. The number of rotatable bonds is 5. The van der Waals surface area contributed by atoms with Gasteiger partial charge in [0, 0.05) is 25.3 Å². The number of hydrogen-bond acceptors (Lipinski definition) is 2. The SMILES string of the molecule is C=C[C@@H]1N(Cc2ccccc2)c2ccccc2[C@@]12CCN(Cc1ccccc1)C2=O. The number of anilines is 1. The zero-order valence-corrected chi connectivity index (χ0v) is 17.1. The predicted molar refractivity (Wildman–Crippen MR) is 121 cm³/mol. The van der Waals surface area contributed by atoms with Gasteiger partial charge in [0.05, 0.1) is 6.04 Å². The fourth-order valence-electron chi connectivity index (χ4n) is 5.25. The average molecular weight is 395 g/mol. The highest BCUT2D eigenvalue weighted by atomic mass is 16.2. The van der Waals surface area contributed by atoms with E-state index in [2.05, 4.69) is 72.1 Å². The lowest BCUT2D eigenvalue weighted by atomic mass is 9.75. The number of benzene rings is 3. The smallest absolute Gasteiger partial charge is 0.236 e. The van der Waals surface area contributed by atoms with Crippen molar-refractivity contribution in [2.75, 3.05) is 11.4 Å². The number of para-hydroxylation sites is 1. The van der Waals surface area contributed by atoms with Crippen LogP contribution in [0.3, 0.4) is 0 Å². The molecule has 0 aliphatic carbocycles. The molecule has 2 aliphatic rings. The fourth-order valence-corrected chi connectivity index (χ4v) is 5.25. The van der Waals surface area contributed by atoms with E-state index in [9.17, 15) is 4.79 Å². The minimum absolute atomic E-state index is 0.0524. The first-order chi connectivity index (χ1) is 14.7. The van der Waals surface area contributed by atoms with E-state index in [4.69, 9.17) is 0 Å². The first-order valence-corrected chi connectivity index (χ1v) is 10.6. The Morgan fingerprint density at radius 3 is 2.13 bits per heavy atom. The predicted octanol–water partition coefficient (Wildman–Crippen LogP) is 4.93. The van der Waals surface area contributed by atoms with Gasteiger partial charge in [-0.1, -0.05) is 84.9 Å². The van der Waals surface area contributed by atoms with Crippen LogP contribution in [0.25, 0.3) is 0 Å². The minimum Gasteiger partial charge on any atom is -0.359 e. The van der Waals surface area contributed by atoms with Crippen LogP contribution in [0, 0.1) is 0 Å². The van der Waals surface area contributed by atoms with Gasteiger partial charge in [-0.2, -0.15) is 0 Å². The molecule has 0 bridgehead atoms. The number of hydrogen-bond donors (Lipinski definition) is 0. The molecule has 1 saturated heterocycles. The molecule has 30 heavy (non-hydrogen) atoms. The lowest BCUT2D eigenvalue weighted by Gasteiger charge is -2.33. The van der Waals surface area contributed by atoms with Crippen molar-refractivity contribution in [2.24, 2.45) is 0 Å². The topological polar surface area (TPSA) is 23.6 Å². The van der Waals surface area contributed by atoms with E-state index < -0.39 is 5.41 Å². The van der Waals surface area contributed by atoms with Gasteiger partial charge in [-0.3, -0.25) is 4.79 Å². The summed E-state index contributed by atoms with van der Waals surface area (Å²) in [4.78, 5) is 18.3. The average Bonchev–Trinajstić information content (AvgIpc) is 3.25. The molecule has 2 atom stereocenters. The molecule has 150 valence electrons. The third kappa shape index (κ3) is 2.85. The Morgan fingerprint density at radius 2 is 1.47 bits per heavy atom. The molecule has 3 aromatic rings. The van der Waals surface area contributed by atoms with Crippen molar-refractivity contribution >= 4 is 11.6 Å². The van der Waals surface area contributed by atoms with Gasteiger partial charge in [0.15, 0.2) is 0 Å². The molecule has 1 fully saturated rings. The van der Waals surface area contributed by atoms with Crippen LogP contribution in [0.5, 0.6) is 0 Å². The van der Waals surface area contributed by atoms with E-state index in [0.29, 0.717) is 6.54 Å². The summed E-state index contributed by atoms with van der Waals surface area (Å²) in [5.41, 5.74) is 4.16. The Kier molecular flexibility index (Phi) is 4.66. The van der Waals surface area contributed by atoms with E-state index in [1.54, 1.807) is 0 Å². The fraction of sp³-hybridized carbons (Fsp3) is 0.222. The molecular formula is C27H26N2O. The summed E-state index contributed by atoms with van der Waals surface area (Å²) >= 11 is 0. The van der Waals surface area contributed by atoms with Crippen molar-refractivity contribution in [3.05, 3.63) is 114 Å². The maximum atomic E-state index is 13.9. The van der Waals surface area contributed by atoms with Gasteiger partial charge in [0.2, 0.25) is 5.91 Å². The monoisotopic (exact) mass is 394 g/mol. The van der Waals surface area contributed by atoms with Gasteiger partial charge in [-0.15, -0.1) is 6.58 Å². The van der Waals surface area contributed by atoms with Crippen molar-refractivity contribution in [3.63, 3.8) is 0 Å². The van der Waals surface area contributed by atoms with Crippen LogP contribution in [0.15, 0.2) is 97.6 Å². The Labute approximate surface area is 178 Å². The Bertz CT molecular complexity index is 1060. The first kappa shape index (κ1) is 18.7. The molecule has 2 heterocycles. The molecule has 3 nitrogen and oxygen atoms in total. The number of fused-ring (bicyclic) bond motifs is 2. The van der Waals surface area contributed by atoms with Gasteiger partial charge in [0.1, 0.15) is 5.41 Å². The third-order valence-electron chi connectivity index (χ3n) is 6.61. The van der Waals surface area contributed by atoms with Gasteiger partial charge in [-0.25, -0.2) is 0 Å². The van der Waals surface area contributed by atoms with E-state index in [1.165, 1.54) is 11.1 Å². The van der Waals surface area contributed by atoms with Crippen LogP contribution in [0.4, 0.5) is 5.69 Å². The van der Waals surface area contributed by atoms with Gasteiger partial charge in [0.25, 0.3) is 0 Å². The summed E-state index contributed by atoms with van der Waals surface area (Å²) in [6.45, 7) is 6.36. The van der Waals surface area contributed by atoms with Gasteiger partial charge < -0.3 is 9.80 Å². The summed E-state index contributed by atoms with van der Waals surface area (Å²) in [6.07, 6.45) is 2.80. The lowest BCUT2D eigenvalue weighted by molar-refractivity contribution is -0.133. The van der Waals surface area contributed by atoms with Crippen molar-refractivity contribution < 1.29 is 4.79 Å². The van der Waals surface area contributed by atoms with Crippen LogP contribution in [0.1, 0.15) is 23.1 Å². The molecule has 3 aromatic carbocycles. The van der Waals surface area contributed by atoms with Crippen molar-refractivity contribution in [3.8, 4) is 0 Å². The van der Waals surface area contributed by atoms with Gasteiger partial charge >= 0.3 is 0 Å². The zero-order chi connectivity index (χ0) is 20.6. The van der Waals surface area contributed by atoms with E-state index in [-0.39, 0.29) is 11.9 Å². The van der Waals surface area contributed by atoms with Crippen molar-refractivity contribution in [1.82, 2.24) is 4.90 Å². The van der Waals surface area contributed by atoms with E-state index in [1.807, 2.05) is 35.2 Å². The number of amides is 1. The van der Waals surface area contributed by atoms with Gasteiger partial charge in [-0.05, 0) is 29.2 Å². The number of carbonyl (C=O) groups is 1. The van der Waals surface area contributed by atoms with Crippen LogP contribution >= 0.6 is 0 Å². The summed E-state index contributed by atoms with van der Waals surface area (Å²) in [7, 11) is 0. The van der Waals surface area contributed by atoms with E-state index in [0.717, 1.165) is 30.8 Å². The molecule has 5 rings (SSSR count). The molecule has 0 N–H and O–H groups in total.